The minimum Gasteiger partial charge on any atom is -0.478 e. The Morgan fingerprint density at radius 2 is 2.33 bits per heavy atom. The molecule has 68 valence electrons. The normalized spacial score (nSPS) is 27.9. The van der Waals surface area contributed by atoms with Crippen molar-refractivity contribution in [2.45, 2.75) is 24.8 Å². The maximum absolute atomic E-state index is 12.7. The summed E-state index contributed by atoms with van der Waals surface area (Å²) in [4.78, 5) is 10.3. The summed E-state index contributed by atoms with van der Waals surface area (Å²) in [6.45, 7) is 0. The van der Waals surface area contributed by atoms with Crippen molar-refractivity contribution in [3.63, 3.8) is 0 Å². The number of hydrogen-bond acceptors (Lipinski definition) is 2. The van der Waals surface area contributed by atoms with Crippen LogP contribution >= 0.6 is 0 Å². The van der Waals surface area contributed by atoms with Gasteiger partial charge in [0.2, 0.25) is 0 Å². The predicted molar refractivity (Wildman–Crippen MR) is 37.9 cm³/mol. The van der Waals surface area contributed by atoms with Gasteiger partial charge in [0.25, 0.3) is 5.92 Å². The van der Waals surface area contributed by atoms with E-state index in [4.69, 9.17) is 10.8 Å². The van der Waals surface area contributed by atoms with Crippen molar-refractivity contribution in [1.82, 2.24) is 0 Å². The van der Waals surface area contributed by atoms with Crippen molar-refractivity contribution >= 4 is 5.97 Å². The van der Waals surface area contributed by atoms with Gasteiger partial charge in [0, 0.05) is 24.5 Å². The second kappa shape index (κ2) is 2.82. The Bertz CT molecular complexity index is 238. The van der Waals surface area contributed by atoms with Crippen LogP contribution in [0.4, 0.5) is 8.78 Å². The van der Waals surface area contributed by atoms with Crippen molar-refractivity contribution in [2.24, 2.45) is 5.73 Å². The van der Waals surface area contributed by atoms with E-state index < -0.39 is 30.8 Å². The van der Waals surface area contributed by atoms with Crippen LogP contribution in [0.25, 0.3) is 0 Å². The highest BCUT2D eigenvalue weighted by Crippen LogP contribution is 2.32. The largest absolute Gasteiger partial charge is 0.478 e. The Balaban J connectivity index is 2.83. The molecular weight excluding hydrogens is 168 g/mol. The standard InChI is InChI=1S/C7H9F2NO2/c8-7(9)2-4(6(11)12)1-5(10)3-7/h1,5H,2-3,10H2,(H,11,12)/t5-/m0/s1. The first kappa shape index (κ1) is 9.12. The molecule has 0 saturated heterocycles. The van der Waals surface area contributed by atoms with Crippen molar-refractivity contribution in [1.29, 1.82) is 0 Å². The summed E-state index contributed by atoms with van der Waals surface area (Å²) in [5.41, 5.74) is 4.93. The molecule has 0 aromatic heterocycles. The van der Waals surface area contributed by atoms with Crippen LogP contribution in [0.3, 0.4) is 0 Å². The van der Waals surface area contributed by atoms with Gasteiger partial charge in [0.1, 0.15) is 0 Å². The van der Waals surface area contributed by atoms with E-state index in [-0.39, 0.29) is 5.57 Å². The third-order valence-corrected chi connectivity index (χ3v) is 1.67. The molecule has 1 aliphatic carbocycles. The fourth-order valence-corrected chi connectivity index (χ4v) is 1.22. The lowest BCUT2D eigenvalue weighted by atomic mass is 9.93. The average Bonchev–Trinajstić information content (AvgIpc) is 1.82. The van der Waals surface area contributed by atoms with E-state index in [0.29, 0.717) is 0 Å². The van der Waals surface area contributed by atoms with Gasteiger partial charge in [-0.05, 0) is 0 Å². The van der Waals surface area contributed by atoms with E-state index >= 15 is 0 Å². The molecule has 0 aromatic carbocycles. The number of halogens is 2. The van der Waals surface area contributed by atoms with Crippen molar-refractivity contribution < 1.29 is 18.7 Å². The summed E-state index contributed by atoms with van der Waals surface area (Å²) in [5.74, 6) is -4.29. The first-order valence-corrected chi connectivity index (χ1v) is 3.48. The molecule has 12 heavy (non-hydrogen) atoms. The summed E-state index contributed by atoms with van der Waals surface area (Å²) in [6.07, 6.45) is -0.000440. The third kappa shape index (κ3) is 2.01. The number of aliphatic carboxylic acids is 1. The lowest BCUT2D eigenvalue weighted by Gasteiger charge is -2.24. The highest BCUT2D eigenvalue weighted by atomic mass is 19.3. The van der Waals surface area contributed by atoms with Crippen molar-refractivity contribution in [2.75, 3.05) is 0 Å². The number of rotatable bonds is 1. The van der Waals surface area contributed by atoms with Crippen molar-refractivity contribution in [3.8, 4) is 0 Å². The Morgan fingerprint density at radius 1 is 1.75 bits per heavy atom. The molecule has 0 heterocycles. The van der Waals surface area contributed by atoms with E-state index in [9.17, 15) is 13.6 Å². The zero-order valence-corrected chi connectivity index (χ0v) is 6.26. The number of carbonyl (C=O) groups is 1. The van der Waals surface area contributed by atoms with Crippen LogP contribution in [0.2, 0.25) is 0 Å². The molecule has 0 amide bonds. The molecular formula is C7H9F2NO2. The van der Waals surface area contributed by atoms with E-state index in [0.717, 1.165) is 0 Å². The summed E-state index contributed by atoms with van der Waals surface area (Å²) in [6, 6.07) is -0.847. The molecule has 0 spiro atoms. The molecule has 1 rings (SSSR count). The third-order valence-electron chi connectivity index (χ3n) is 1.67. The second-order valence-electron chi connectivity index (χ2n) is 2.90. The van der Waals surface area contributed by atoms with Gasteiger partial charge < -0.3 is 10.8 Å². The van der Waals surface area contributed by atoms with Crippen LogP contribution in [0.15, 0.2) is 11.6 Å². The van der Waals surface area contributed by atoms with Gasteiger partial charge >= 0.3 is 5.97 Å². The summed E-state index contributed by atoms with van der Waals surface area (Å²) in [5, 5.41) is 8.43. The molecule has 0 saturated carbocycles. The average molecular weight is 177 g/mol. The molecule has 0 bridgehead atoms. The first-order valence-electron chi connectivity index (χ1n) is 3.48. The van der Waals surface area contributed by atoms with Gasteiger partial charge in [-0.1, -0.05) is 6.08 Å². The summed E-state index contributed by atoms with van der Waals surface area (Å²) >= 11 is 0. The minimum absolute atomic E-state index is 0.293. The quantitative estimate of drug-likeness (QED) is 0.621. The maximum atomic E-state index is 12.7. The minimum atomic E-state index is -2.97. The zero-order valence-electron chi connectivity index (χ0n) is 6.26. The molecule has 0 aliphatic heterocycles. The van der Waals surface area contributed by atoms with Crippen LogP contribution in [0, 0.1) is 0 Å². The molecule has 0 fully saturated rings. The predicted octanol–water partition coefficient (Wildman–Crippen LogP) is 0.754. The van der Waals surface area contributed by atoms with Crippen molar-refractivity contribution in [3.05, 3.63) is 11.6 Å². The highest BCUT2D eigenvalue weighted by molar-refractivity contribution is 5.87. The number of alkyl halides is 2. The van der Waals surface area contributed by atoms with Crippen LogP contribution < -0.4 is 5.73 Å². The van der Waals surface area contributed by atoms with Crippen LogP contribution in [0.1, 0.15) is 12.8 Å². The topological polar surface area (TPSA) is 63.3 Å². The number of hydrogen-bond donors (Lipinski definition) is 2. The van der Waals surface area contributed by atoms with E-state index in [1.165, 1.54) is 6.08 Å². The lowest BCUT2D eigenvalue weighted by Crippen LogP contribution is -2.35. The smallest absolute Gasteiger partial charge is 0.331 e. The molecule has 1 aliphatic rings. The zero-order chi connectivity index (χ0) is 9.35. The fraction of sp³-hybridized carbons (Fsp3) is 0.571. The molecule has 0 radical (unpaired) electrons. The van der Waals surface area contributed by atoms with Crippen LogP contribution in [-0.4, -0.2) is 23.0 Å². The number of carboxylic acids is 1. The van der Waals surface area contributed by atoms with Gasteiger partial charge in [0.15, 0.2) is 0 Å². The molecule has 0 unspecified atom stereocenters. The Hall–Kier alpha value is -0.970. The van der Waals surface area contributed by atoms with Gasteiger partial charge in [0.05, 0.1) is 0 Å². The van der Waals surface area contributed by atoms with Crippen LogP contribution in [-0.2, 0) is 4.79 Å². The molecule has 0 aromatic rings. The van der Waals surface area contributed by atoms with Gasteiger partial charge in [-0.2, -0.15) is 0 Å². The van der Waals surface area contributed by atoms with E-state index in [2.05, 4.69) is 0 Å². The lowest BCUT2D eigenvalue weighted by molar-refractivity contribution is -0.134. The fourth-order valence-electron chi connectivity index (χ4n) is 1.22. The number of nitrogens with two attached hydrogens (primary N) is 1. The van der Waals surface area contributed by atoms with E-state index in [1.807, 2.05) is 0 Å². The summed E-state index contributed by atoms with van der Waals surface area (Å²) in [7, 11) is 0. The maximum Gasteiger partial charge on any atom is 0.331 e. The molecule has 5 heteroatoms. The summed E-state index contributed by atoms with van der Waals surface area (Å²) < 4.78 is 25.4. The van der Waals surface area contributed by atoms with Crippen LogP contribution in [0.5, 0.6) is 0 Å². The number of carboxylic acid groups (broad SMARTS) is 1. The Morgan fingerprint density at radius 3 is 2.75 bits per heavy atom. The second-order valence-corrected chi connectivity index (χ2v) is 2.90. The van der Waals surface area contributed by atoms with Gasteiger partial charge in [-0.15, -0.1) is 0 Å². The molecule has 3 nitrogen and oxygen atoms in total. The van der Waals surface area contributed by atoms with Gasteiger partial charge in [-0.3, -0.25) is 0 Å². The first-order chi connectivity index (χ1) is 5.41. The molecule has 3 N–H and O–H groups in total. The van der Waals surface area contributed by atoms with E-state index in [1.54, 1.807) is 0 Å². The Labute approximate surface area is 67.9 Å². The molecule has 1 atom stereocenters. The highest BCUT2D eigenvalue weighted by Gasteiger charge is 2.37. The Kier molecular flexibility index (Phi) is 2.14. The monoisotopic (exact) mass is 177 g/mol. The van der Waals surface area contributed by atoms with Gasteiger partial charge in [-0.25, -0.2) is 13.6 Å². The SMILES string of the molecule is N[C@H]1C=C(C(=O)O)CC(F)(F)C1.